The second-order valence-electron chi connectivity index (χ2n) is 7.98. The van der Waals surface area contributed by atoms with Crippen molar-refractivity contribution in [2.45, 2.75) is 32.7 Å². The smallest absolute Gasteiger partial charge is 0.280 e. The molecule has 178 valence electrons. The summed E-state index contributed by atoms with van der Waals surface area (Å²) in [6, 6.07) is 10.6. The van der Waals surface area contributed by atoms with Crippen LogP contribution >= 0.6 is 11.6 Å². The molecule has 0 fully saturated rings. The largest absolute Gasteiger partial charge is 0.497 e. The molecule has 0 saturated carbocycles. The van der Waals surface area contributed by atoms with E-state index in [1.54, 1.807) is 24.9 Å². The Morgan fingerprint density at radius 3 is 2.35 bits per heavy atom. The molecule has 0 radical (unpaired) electrons. The number of rotatable bonds is 8. The number of pyridine rings is 1. The van der Waals surface area contributed by atoms with Gasteiger partial charge in [0.05, 0.1) is 42.4 Å². The molecule has 0 spiro atoms. The summed E-state index contributed by atoms with van der Waals surface area (Å²) in [4.78, 5) is 26.7. The first kappa shape index (κ1) is 23.6. The third kappa shape index (κ3) is 4.46. The van der Waals surface area contributed by atoms with Gasteiger partial charge in [-0.2, -0.15) is 0 Å². The van der Waals surface area contributed by atoms with Crippen molar-refractivity contribution >= 4 is 22.5 Å². The van der Waals surface area contributed by atoms with Crippen LogP contribution in [0.3, 0.4) is 0 Å². The molecule has 0 atom stereocenters. The molecule has 0 bridgehead atoms. The molecule has 0 aliphatic rings. The maximum absolute atomic E-state index is 13.5. The van der Waals surface area contributed by atoms with Crippen molar-refractivity contribution in [1.29, 1.82) is 0 Å². The highest BCUT2D eigenvalue weighted by Crippen LogP contribution is 2.25. The summed E-state index contributed by atoms with van der Waals surface area (Å²) in [5.74, 6) is 0.706. The van der Waals surface area contributed by atoms with Crippen molar-refractivity contribution in [3.63, 3.8) is 0 Å². The van der Waals surface area contributed by atoms with Crippen LogP contribution in [-0.2, 0) is 13.0 Å². The van der Waals surface area contributed by atoms with Crippen LogP contribution in [0.2, 0.25) is 5.02 Å². The number of methoxy groups -OCH3 is 2. The number of nitrogens with zero attached hydrogens (tertiary/aromatic N) is 2. The van der Waals surface area contributed by atoms with Crippen LogP contribution in [0, 0.1) is 5.82 Å². The van der Waals surface area contributed by atoms with Gasteiger partial charge in [0.2, 0.25) is 0 Å². The Morgan fingerprint density at radius 1 is 1.03 bits per heavy atom. The number of H-pyrrole nitrogens is 1. The summed E-state index contributed by atoms with van der Waals surface area (Å²) in [6.45, 7) is 2.28. The molecule has 0 amide bonds. The molecule has 0 saturated heterocycles. The van der Waals surface area contributed by atoms with Crippen LogP contribution in [-0.4, -0.2) is 28.6 Å². The van der Waals surface area contributed by atoms with Gasteiger partial charge in [0.1, 0.15) is 17.3 Å². The summed E-state index contributed by atoms with van der Waals surface area (Å²) in [6.07, 6.45) is 2.22. The molecule has 4 rings (SSSR count). The van der Waals surface area contributed by atoms with Crippen molar-refractivity contribution < 1.29 is 13.9 Å². The highest BCUT2D eigenvalue weighted by molar-refractivity contribution is 6.32. The zero-order valence-electron chi connectivity index (χ0n) is 19.2. The minimum atomic E-state index is -0.505. The Hall–Kier alpha value is -3.52. The van der Waals surface area contributed by atoms with Crippen molar-refractivity contribution in [3.05, 3.63) is 85.3 Å². The predicted octanol–water partition coefficient (Wildman–Crippen LogP) is 4.68. The molecule has 1 N–H and O–H groups in total. The maximum Gasteiger partial charge on any atom is 0.280 e. The molecular formula is C25H25ClFN3O4. The number of fused-ring (bicyclic) bond motifs is 1. The normalized spacial score (nSPS) is 11.2. The van der Waals surface area contributed by atoms with E-state index < -0.39 is 5.82 Å². The minimum Gasteiger partial charge on any atom is -0.497 e. The molecular weight excluding hydrogens is 461 g/mol. The van der Waals surface area contributed by atoms with Crippen LogP contribution in [0.15, 0.2) is 52.1 Å². The van der Waals surface area contributed by atoms with Crippen LogP contribution in [0.4, 0.5) is 4.39 Å². The van der Waals surface area contributed by atoms with Gasteiger partial charge in [-0.1, -0.05) is 24.9 Å². The van der Waals surface area contributed by atoms with Crippen LogP contribution in [0.25, 0.3) is 16.6 Å². The lowest BCUT2D eigenvalue weighted by molar-refractivity contribution is 0.393. The average Bonchev–Trinajstić information content (AvgIpc) is 3.14. The number of aromatic amines is 1. The standard InChI is InChI=1S/C25H25ClFN3O4/c1-4-5-6-22-24-20(28-30(25(24)32)21-8-7-16(27)11-19(21)26)13-23(31)29(22)14-15-9-17(33-2)12-18(10-15)34-3/h7-13,28H,4-6,14H2,1-3H3. The number of benzene rings is 2. The van der Waals surface area contributed by atoms with Crippen molar-refractivity contribution in [2.75, 3.05) is 14.2 Å². The van der Waals surface area contributed by atoms with Crippen molar-refractivity contribution in [1.82, 2.24) is 14.3 Å². The summed E-state index contributed by atoms with van der Waals surface area (Å²) in [5.41, 5.74) is 1.53. The van der Waals surface area contributed by atoms with E-state index in [-0.39, 0.29) is 22.7 Å². The third-order valence-electron chi connectivity index (χ3n) is 5.74. The lowest BCUT2D eigenvalue weighted by Gasteiger charge is -2.15. The van der Waals surface area contributed by atoms with E-state index in [0.29, 0.717) is 40.2 Å². The molecule has 7 nitrogen and oxygen atoms in total. The Morgan fingerprint density at radius 2 is 1.74 bits per heavy atom. The second-order valence-corrected chi connectivity index (χ2v) is 8.38. The highest BCUT2D eigenvalue weighted by atomic mass is 35.5. The van der Waals surface area contributed by atoms with Gasteiger partial charge in [-0.25, -0.2) is 9.07 Å². The predicted molar refractivity (Wildman–Crippen MR) is 130 cm³/mol. The Kier molecular flexibility index (Phi) is 6.79. The van der Waals surface area contributed by atoms with Gasteiger partial charge in [-0.05, 0) is 48.7 Å². The summed E-state index contributed by atoms with van der Waals surface area (Å²) in [7, 11) is 3.12. The minimum absolute atomic E-state index is 0.0856. The number of ether oxygens (including phenoxy) is 2. The van der Waals surface area contributed by atoms with Gasteiger partial charge >= 0.3 is 0 Å². The van der Waals surface area contributed by atoms with E-state index in [0.717, 1.165) is 24.5 Å². The van der Waals surface area contributed by atoms with Gasteiger partial charge in [0.25, 0.3) is 11.1 Å². The lowest BCUT2D eigenvalue weighted by atomic mass is 10.1. The molecule has 0 aliphatic carbocycles. The quantitative estimate of drug-likeness (QED) is 0.393. The van der Waals surface area contributed by atoms with E-state index >= 15 is 0 Å². The highest BCUT2D eigenvalue weighted by Gasteiger charge is 2.19. The fourth-order valence-electron chi connectivity index (χ4n) is 4.06. The molecule has 4 aromatic rings. The average molecular weight is 486 g/mol. The van der Waals surface area contributed by atoms with Gasteiger partial charge < -0.3 is 14.0 Å². The summed E-state index contributed by atoms with van der Waals surface area (Å²) < 4.78 is 27.1. The summed E-state index contributed by atoms with van der Waals surface area (Å²) >= 11 is 6.20. The van der Waals surface area contributed by atoms with Crippen LogP contribution in [0.1, 0.15) is 31.0 Å². The van der Waals surface area contributed by atoms with Gasteiger partial charge in [0.15, 0.2) is 0 Å². The van der Waals surface area contributed by atoms with Crippen molar-refractivity contribution in [3.8, 4) is 17.2 Å². The Balaban J connectivity index is 1.92. The topological polar surface area (TPSA) is 78.2 Å². The summed E-state index contributed by atoms with van der Waals surface area (Å²) in [5, 5.41) is 3.46. The van der Waals surface area contributed by atoms with Gasteiger partial charge in [0, 0.05) is 17.8 Å². The molecule has 2 aromatic carbocycles. The SMILES string of the molecule is CCCCc1c2c(=O)n(-c3ccc(F)cc3Cl)[nH]c2cc(=O)n1Cc1cc(OC)cc(OC)c1. The van der Waals surface area contributed by atoms with E-state index in [2.05, 4.69) is 5.10 Å². The zero-order chi connectivity index (χ0) is 24.4. The van der Waals surface area contributed by atoms with E-state index in [1.165, 1.54) is 22.9 Å². The molecule has 34 heavy (non-hydrogen) atoms. The molecule has 2 aromatic heterocycles. The number of halogens is 2. The van der Waals surface area contributed by atoms with Gasteiger partial charge in [-0.3, -0.25) is 14.7 Å². The first-order chi connectivity index (χ1) is 16.4. The van der Waals surface area contributed by atoms with Crippen LogP contribution in [0.5, 0.6) is 11.5 Å². The molecule has 2 heterocycles. The van der Waals surface area contributed by atoms with Gasteiger partial charge in [-0.15, -0.1) is 0 Å². The first-order valence-corrected chi connectivity index (χ1v) is 11.3. The molecule has 0 aliphatic heterocycles. The van der Waals surface area contributed by atoms with Crippen molar-refractivity contribution in [2.24, 2.45) is 0 Å². The monoisotopic (exact) mass is 485 g/mol. The van der Waals surface area contributed by atoms with E-state index in [1.807, 2.05) is 19.1 Å². The second kappa shape index (κ2) is 9.77. The number of unbranched alkanes of at least 4 members (excludes halogenated alkanes) is 1. The van der Waals surface area contributed by atoms with Crippen LogP contribution < -0.4 is 20.6 Å². The number of hydrogen-bond donors (Lipinski definition) is 1. The fourth-order valence-corrected chi connectivity index (χ4v) is 4.31. The maximum atomic E-state index is 13.5. The van der Waals surface area contributed by atoms with E-state index in [4.69, 9.17) is 21.1 Å². The Labute approximate surface area is 200 Å². The number of aromatic nitrogens is 3. The zero-order valence-corrected chi connectivity index (χ0v) is 19.9. The third-order valence-corrected chi connectivity index (χ3v) is 6.04. The first-order valence-electron chi connectivity index (χ1n) is 10.9. The number of nitrogens with one attached hydrogen (secondary N) is 1. The van der Waals surface area contributed by atoms with E-state index in [9.17, 15) is 14.0 Å². The molecule has 9 heteroatoms. The Bertz CT molecular complexity index is 1450. The molecule has 0 unspecified atom stereocenters. The lowest BCUT2D eigenvalue weighted by Crippen LogP contribution is -2.25. The fraction of sp³-hybridized carbons (Fsp3) is 0.280. The number of hydrogen-bond acceptors (Lipinski definition) is 4. The number of aryl methyl sites for hydroxylation is 1.